The first-order chi connectivity index (χ1) is 20.7. The Balaban J connectivity index is 1.66. The highest BCUT2D eigenvalue weighted by atomic mass is 32.2. The molecule has 0 saturated carbocycles. The maximum Gasteiger partial charge on any atom is 0.416 e. The lowest BCUT2D eigenvalue weighted by Crippen LogP contribution is -2.49. The summed E-state index contributed by atoms with van der Waals surface area (Å²) >= 11 is 0. The van der Waals surface area contributed by atoms with Gasteiger partial charge in [-0.1, -0.05) is 25.1 Å². The summed E-state index contributed by atoms with van der Waals surface area (Å²) in [6.07, 6.45) is -5.00. The Morgan fingerprint density at radius 3 is 2.36 bits per heavy atom. The predicted octanol–water partition coefficient (Wildman–Crippen LogP) is 4.87. The molecule has 0 radical (unpaired) electrons. The molecule has 4 rings (SSSR count). The number of halogens is 3. The van der Waals surface area contributed by atoms with Gasteiger partial charge in [-0.25, -0.2) is 8.42 Å². The Morgan fingerprint density at radius 1 is 1.11 bits per heavy atom. The standard InChI is InChI=1S/C31H36F3N3O6S/c1-20-16-37(21(2)19-38)30(39)26-6-5-7-27(35-44(40,41)25-14-12-24(42-4)13-15-25)29(26)43-28(20)18-36(3)17-22-8-10-23(11-9-22)31(32,33)34/h5-15,20-21,28,35,38H,16-19H2,1-4H3/t20-,21+,28-/m0/s1. The number of para-hydroxylation sites is 1. The van der Waals surface area contributed by atoms with Gasteiger partial charge in [-0.05, 0) is 68.1 Å². The number of nitrogens with one attached hydrogen (secondary N) is 1. The summed E-state index contributed by atoms with van der Waals surface area (Å²) < 4.78 is 79.8. The van der Waals surface area contributed by atoms with Crippen molar-refractivity contribution in [2.24, 2.45) is 5.92 Å². The zero-order valence-electron chi connectivity index (χ0n) is 24.8. The Kier molecular flexibility index (Phi) is 10.1. The number of sulfonamides is 1. The molecule has 0 bridgehead atoms. The molecule has 2 N–H and O–H groups in total. The summed E-state index contributed by atoms with van der Waals surface area (Å²) in [6.45, 7) is 4.19. The van der Waals surface area contributed by atoms with Gasteiger partial charge >= 0.3 is 6.18 Å². The average molecular weight is 636 g/mol. The molecule has 1 amide bonds. The van der Waals surface area contributed by atoms with Gasteiger partial charge in [0.15, 0.2) is 5.75 Å². The number of fused-ring (bicyclic) bond motifs is 1. The van der Waals surface area contributed by atoms with Crippen LogP contribution in [0.4, 0.5) is 18.9 Å². The molecule has 0 spiro atoms. The van der Waals surface area contributed by atoms with Crippen molar-refractivity contribution in [3.05, 3.63) is 83.4 Å². The SMILES string of the molecule is COc1ccc(S(=O)(=O)Nc2cccc3c2O[C@@H](CN(C)Cc2ccc(C(F)(F)F)cc2)[C@@H](C)CN([C@H](C)CO)C3=O)cc1. The van der Waals surface area contributed by atoms with Crippen LogP contribution in [0.5, 0.6) is 11.5 Å². The number of benzene rings is 3. The number of aliphatic hydroxyl groups excluding tert-OH is 1. The van der Waals surface area contributed by atoms with Gasteiger partial charge in [0.2, 0.25) is 0 Å². The number of carbonyl (C=O) groups is 1. The normalized spacial score (nSPS) is 18.2. The van der Waals surface area contributed by atoms with E-state index in [9.17, 15) is 31.5 Å². The average Bonchev–Trinajstić information content (AvgIpc) is 2.98. The van der Waals surface area contributed by atoms with Crippen molar-refractivity contribution in [3.63, 3.8) is 0 Å². The zero-order chi connectivity index (χ0) is 32.2. The second-order valence-corrected chi connectivity index (χ2v) is 12.7. The third kappa shape index (κ3) is 7.63. The highest BCUT2D eigenvalue weighted by Gasteiger charge is 2.35. The Labute approximate surface area is 255 Å². The molecular formula is C31H36F3N3O6S. The molecule has 13 heteroatoms. The van der Waals surface area contributed by atoms with Gasteiger partial charge in [-0.15, -0.1) is 0 Å². The predicted molar refractivity (Wildman–Crippen MR) is 159 cm³/mol. The first-order valence-electron chi connectivity index (χ1n) is 14.0. The molecule has 0 unspecified atom stereocenters. The van der Waals surface area contributed by atoms with Crippen LogP contribution in [0.15, 0.2) is 71.6 Å². The third-order valence-corrected chi connectivity index (χ3v) is 8.91. The summed E-state index contributed by atoms with van der Waals surface area (Å²) in [7, 11) is -0.829. The maximum atomic E-state index is 13.7. The van der Waals surface area contributed by atoms with Gasteiger partial charge < -0.3 is 19.5 Å². The smallest absolute Gasteiger partial charge is 0.416 e. The minimum Gasteiger partial charge on any atom is -0.497 e. The summed E-state index contributed by atoms with van der Waals surface area (Å²) in [5.74, 6) is -0.167. The number of hydrogen-bond donors (Lipinski definition) is 2. The molecule has 0 saturated heterocycles. The summed E-state index contributed by atoms with van der Waals surface area (Å²) in [6, 6.07) is 14.8. The second-order valence-electron chi connectivity index (χ2n) is 11.0. The van der Waals surface area contributed by atoms with E-state index in [2.05, 4.69) is 4.72 Å². The maximum absolute atomic E-state index is 13.7. The molecule has 0 aromatic heterocycles. The highest BCUT2D eigenvalue weighted by molar-refractivity contribution is 7.92. The van der Waals surface area contributed by atoms with Crippen molar-refractivity contribution in [3.8, 4) is 11.5 Å². The van der Waals surface area contributed by atoms with Crippen LogP contribution in [0, 0.1) is 5.92 Å². The van der Waals surface area contributed by atoms with E-state index >= 15 is 0 Å². The Hall–Kier alpha value is -3.81. The number of amides is 1. The number of anilines is 1. The number of likely N-dealkylation sites (N-methyl/N-ethyl adjacent to an activating group) is 1. The summed E-state index contributed by atoms with van der Waals surface area (Å²) in [5.41, 5.74) is 0.123. The van der Waals surface area contributed by atoms with Crippen LogP contribution in [0.1, 0.15) is 35.3 Å². The van der Waals surface area contributed by atoms with Crippen LogP contribution >= 0.6 is 0 Å². The lowest BCUT2D eigenvalue weighted by Gasteiger charge is -2.38. The van der Waals surface area contributed by atoms with Gasteiger partial charge in [-0.3, -0.25) is 14.4 Å². The first kappa shape index (κ1) is 33.1. The lowest BCUT2D eigenvalue weighted by atomic mass is 9.99. The largest absolute Gasteiger partial charge is 0.497 e. The minimum absolute atomic E-state index is 0.0233. The molecule has 3 aromatic carbocycles. The van der Waals surface area contributed by atoms with E-state index in [4.69, 9.17) is 9.47 Å². The topological polar surface area (TPSA) is 108 Å². The molecule has 9 nitrogen and oxygen atoms in total. The fourth-order valence-corrected chi connectivity index (χ4v) is 6.05. The summed E-state index contributed by atoms with van der Waals surface area (Å²) in [4.78, 5) is 17.1. The second kappa shape index (κ2) is 13.4. The molecule has 238 valence electrons. The van der Waals surface area contributed by atoms with Crippen molar-refractivity contribution in [2.75, 3.05) is 38.6 Å². The van der Waals surface area contributed by atoms with Crippen LogP contribution < -0.4 is 14.2 Å². The number of alkyl halides is 3. The first-order valence-corrected chi connectivity index (χ1v) is 15.4. The molecule has 44 heavy (non-hydrogen) atoms. The van der Waals surface area contributed by atoms with Crippen molar-refractivity contribution in [1.82, 2.24) is 9.80 Å². The van der Waals surface area contributed by atoms with E-state index in [-0.39, 0.29) is 41.0 Å². The van der Waals surface area contributed by atoms with E-state index in [1.165, 1.54) is 54.5 Å². The van der Waals surface area contributed by atoms with Crippen molar-refractivity contribution in [2.45, 2.75) is 43.6 Å². The minimum atomic E-state index is -4.43. The zero-order valence-corrected chi connectivity index (χ0v) is 25.7. The van der Waals surface area contributed by atoms with Crippen LogP contribution in [-0.4, -0.2) is 75.2 Å². The van der Waals surface area contributed by atoms with Gasteiger partial charge in [0.25, 0.3) is 15.9 Å². The van der Waals surface area contributed by atoms with Crippen molar-refractivity contribution >= 4 is 21.6 Å². The van der Waals surface area contributed by atoms with E-state index < -0.39 is 39.8 Å². The molecular weight excluding hydrogens is 599 g/mol. The van der Waals surface area contributed by atoms with Crippen LogP contribution in [0.3, 0.4) is 0 Å². The number of methoxy groups -OCH3 is 1. The number of aliphatic hydroxyl groups is 1. The van der Waals surface area contributed by atoms with Crippen molar-refractivity contribution < 1.29 is 41.0 Å². The Bertz CT molecular complexity index is 1550. The van der Waals surface area contributed by atoms with Gasteiger partial charge in [0.05, 0.1) is 41.5 Å². The third-order valence-electron chi connectivity index (χ3n) is 7.53. The number of nitrogens with zero attached hydrogens (tertiary/aromatic N) is 2. The van der Waals surface area contributed by atoms with Gasteiger partial charge in [0, 0.05) is 25.6 Å². The molecule has 3 aromatic rings. The number of rotatable bonds is 10. The fraction of sp³-hybridized carbons (Fsp3) is 0.387. The number of hydrogen-bond acceptors (Lipinski definition) is 7. The van der Waals surface area contributed by atoms with Crippen molar-refractivity contribution in [1.29, 1.82) is 0 Å². The fourth-order valence-electron chi connectivity index (χ4n) is 4.98. The van der Waals surface area contributed by atoms with Crippen LogP contribution in [0.2, 0.25) is 0 Å². The van der Waals surface area contributed by atoms with Crippen LogP contribution in [-0.2, 0) is 22.7 Å². The molecule has 1 aliphatic heterocycles. The molecule has 1 heterocycles. The molecule has 0 aliphatic carbocycles. The number of ether oxygens (including phenoxy) is 2. The molecule has 0 fully saturated rings. The number of carbonyl (C=O) groups excluding carboxylic acids is 1. The lowest BCUT2D eigenvalue weighted by molar-refractivity contribution is -0.137. The van der Waals surface area contributed by atoms with Gasteiger partial charge in [0.1, 0.15) is 11.9 Å². The quantitative estimate of drug-likeness (QED) is 0.328. The van der Waals surface area contributed by atoms with E-state index in [0.717, 1.165) is 12.1 Å². The van der Waals surface area contributed by atoms with E-state index in [1.807, 2.05) is 11.8 Å². The highest BCUT2D eigenvalue weighted by Crippen LogP contribution is 2.36. The van der Waals surface area contributed by atoms with Gasteiger partial charge in [-0.2, -0.15) is 13.2 Å². The molecule has 1 aliphatic rings. The Morgan fingerprint density at radius 2 is 1.77 bits per heavy atom. The monoisotopic (exact) mass is 635 g/mol. The van der Waals surface area contributed by atoms with E-state index in [1.54, 1.807) is 26.1 Å². The molecule has 3 atom stereocenters. The van der Waals surface area contributed by atoms with E-state index in [0.29, 0.717) is 24.4 Å². The summed E-state index contributed by atoms with van der Waals surface area (Å²) in [5, 5.41) is 9.91. The van der Waals surface area contributed by atoms with Crippen LogP contribution in [0.25, 0.3) is 0 Å².